The number of carbonyl (C=O) groups excluding carboxylic acids is 2. The molecule has 3 atom stereocenters. The number of carbonyl (C=O) groups is 2. The van der Waals surface area contributed by atoms with Gasteiger partial charge in [0.05, 0.1) is 26.1 Å². The summed E-state index contributed by atoms with van der Waals surface area (Å²) in [6.07, 6.45) is 4.78. The molecule has 0 spiro atoms. The highest BCUT2D eigenvalue weighted by molar-refractivity contribution is 5.78. The van der Waals surface area contributed by atoms with Gasteiger partial charge in [0.25, 0.3) is 0 Å². The van der Waals surface area contributed by atoms with Crippen LogP contribution in [0.1, 0.15) is 46.0 Å². The molecule has 1 amide bonds. The van der Waals surface area contributed by atoms with E-state index in [0.29, 0.717) is 25.5 Å². The van der Waals surface area contributed by atoms with E-state index in [1.165, 1.54) is 13.5 Å². The minimum Gasteiger partial charge on any atom is -0.493 e. The van der Waals surface area contributed by atoms with Crippen molar-refractivity contribution in [2.75, 3.05) is 20.3 Å². The molecule has 0 heterocycles. The summed E-state index contributed by atoms with van der Waals surface area (Å²) in [7, 11) is 1.39. The summed E-state index contributed by atoms with van der Waals surface area (Å²) < 4.78 is 10.5. The van der Waals surface area contributed by atoms with Crippen molar-refractivity contribution in [3.63, 3.8) is 0 Å². The summed E-state index contributed by atoms with van der Waals surface area (Å²) >= 11 is 0. The molecule has 5 nitrogen and oxygen atoms in total. The number of amides is 1. The third-order valence-corrected chi connectivity index (χ3v) is 5.19. The Morgan fingerprint density at radius 2 is 1.88 bits per heavy atom. The Labute approximate surface area is 156 Å². The van der Waals surface area contributed by atoms with Crippen LogP contribution < -0.4 is 4.74 Å². The van der Waals surface area contributed by atoms with Crippen LogP contribution in [0.2, 0.25) is 0 Å². The van der Waals surface area contributed by atoms with Crippen LogP contribution in [0.25, 0.3) is 0 Å². The predicted molar refractivity (Wildman–Crippen MR) is 101 cm³/mol. The average Bonchev–Trinajstić information content (AvgIpc) is 2.66. The van der Waals surface area contributed by atoms with Gasteiger partial charge < -0.3 is 14.4 Å². The first-order valence-electron chi connectivity index (χ1n) is 9.58. The van der Waals surface area contributed by atoms with E-state index in [9.17, 15) is 9.59 Å². The van der Waals surface area contributed by atoms with E-state index >= 15 is 0 Å². The molecular weight excluding hydrogens is 330 g/mol. The van der Waals surface area contributed by atoms with Gasteiger partial charge in [-0.05, 0) is 30.9 Å². The summed E-state index contributed by atoms with van der Waals surface area (Å²) in [5.74, 6) is 0.670. The fraction of sp³-hybridized carbons (Fsp3) is 0.619. The molecule has 3 unspecified atom stereocenters. The van der Waals surface area contributed by atoms with Crippen molar-refractivity contribution < 1.29 is 19.1 Å². The number of rotatable bonds is 8. The number of benzene rings is 1. The molecule has 1 fully saturated rings. The number of esters is 1. The first-order chi connectivity index (χ1) is 12.5. The quantitative estimate of drug-likeness (QED) is 0.663. The lowest BCUT2D eigenvalue weighted by atomic mass is 9.84. The summed E-state index contributed by atoms with van der Waals surface area (Å²) in [5.41, 5.74) is 0. The van der Waals surface area contributed by atoms with Gasteiger partial charge in [-0.2, -0.15) is 0 Å². The Morgan fingerprint density at radius 1 is 1.19 bits per heavy atom. The third-order valence-electron chi connectivity index (χ3n) is 5.19. The van der Waals surface area contributed by atoms with Gasteiger partial charge in [-0.1, -0.05) is 44.9 Å². The van der Waals surface area contributed by atoms with Gasteiger partial charge in [0.15, 0.2) is 0 Å². The van der Waals surface area contributed by atoms with E-state index in [2.05, 4.69) is 6.92 Å². The second-order valence-corrected chi connectivity index (χ2v) is 7.21. The topological polar surface area (TPSA) is 55.8 Å². The highest BCUT2D eigenvalue weighted by Gasteiger charge is 2.32. The van der Waals surface area contributed by atoms with Crippen LogP contribution in [-0.2, 0) is 14.3 Å². The molecule has 1 aliphatic carbocycles. The maximum absolute atomic E-state index is 12.9. The Balaban J connectivity index is 1.98. The van der Waals surface area contributed by atoms with E-state index < -0.39 is 0 Å². The van der Waals surface area contributed by atoms with Gasteiger partial charge in [-0.25, -0.2) is 0 Å². The Bertz CT molecular complexity index is 575. The molecule has 0 N–H and O–H groups in total. The standard InChI is InChI=1S/C21H31NO4/c1-16-9-7-8-12-19(16)22(15-17(2)21(24)25-3)20(23)13-14-26-18-10-5-4-6-11-18/h4-6,10-11,16-17,19H,7-9,12-15H2,1-3H3. The highest BCUT2D eigenvalue weighted by Crippen LogP contribution is 2.29. The fourth-order valence-corrected chi connectivity index (χ4v) is 3.67. The van der Waals surface area contributed by atoms with Crippen molar-refractivity contribution in [3.8, 4) is 5.75 Å². The molecule has 1 aromatic carbocycles. The van der Waals surface area contributed by atoms with Crippen LogP contribution in [0.15, 0.2) is 30.3 Å². The SMILES string of the molecule is COC(=O)C(C)CN(C(=O)CCOc1ccccc1)C1CCCCC1C. The second-order valence-electron chi connectivity index (χ2n) is 7.21. The number of hydrogen-bond acceptors (Lipinski definition) is 4. The van der Waals surface area contributed by atoms with Crippen molar-refractivity contribution in [1.29, 1.82) is 0 Å². The average molecular weight is 361 g/mol. The first kappa shape index (κ1) is 20.3. The molecule has 144 valence electrons. The van der Waals surface area contributed by atoms with Crippen LogP contribution in [0, 0.1) is 11.8 Å². The molecule has 2 rings (SSSR count). The van der Waals surface area contributed by atoms with E-state index in [4.69, 9.17) is 9.47 Å². The van der Waals surface area contributed by atoms with Crippen molar-refractivity contribution in [3.05, 3.63) is 30.3 Å². The van der Waals surface area contributed by atoms with Crippen molar-refractivity contribution in [2.24, 2.45) is 11.8 Å². The first-order valence-corrected chi connectivity index (χ1v) is 9.58. The lowest BCUT2D eigenvalue weighted by Crippen LogP contribution is -2.48. The van der Waals surface area contributed by atoms with Gasteiger partial charge in [-0.15, -0.1) is 0 Å². The maximum atomic E-state index is 12.9. The van der Waals surface area contributed by atoms with Crippen LogP contribution >= 0.6 is 0 Å². The van der Waals surface area contributed by atoms with Crippen LogP contribution in [-0.4, -0.2) is 43.1 Å². The van der Waals surface area contributed by atoms with Crippen molar-refractivity contribution >= 4 is 11.9 Å². The number of para-hydroxylation sites is 1. The Morgan fingerprint density at radius 3 is 2.54 bits per heavy atom. The van der Waals surface area contributed by atoms with E-state index in [1.54, 1.807) is 0 Å². The number of methoxy groups -OCH3 is 1. The van der Waals surface area contributed by atoms with Crippen molar-refractivity contribution in [2.45, 2.75) is 52.0 Å². The third kappa shape index (κ3) is 5.75. The molecule has 5 heteroatoms. The van der Waals surface area contributed by atoms with Crippen LogP contribution in [0.4, 0.5) is 0 Å². The van der Waals surface area contributed by atoms with Crippen LogP contribution in [0.5, 0.6) is 5.75 Å². The summed E-state index contributed by atoms with van der Waals surface area (Å²) in [6.45, 7) is 4.77. The number of nitrogens with zero attached hydrogens (tertiary/aromatic N) is 1. The van der Waals surface area contributed by atoms with Gasteiger partial charge in [0.2, 0.25) is 5.91 Å². The monoisotopic (exact) mass is 361 g/mol. The Kier molecular flexibility index (Phi) is 7.95. The zero-order valence-electron chi connectivity index (χ0n) is 16.1. The fourth-order valence-electron chi connectivity index (χ4n) is 3.67. The summed E-state index contributed by atoms with van der Waals surface area (Å²) in [5, 5.41) is 0. The van der Waals surface area contributed by atoms with E-state index in [1.807, 2.05) is 42.2 Å². The largest absolute Gasteiger partial charge is 0.493 e. The van der Waals surface area contributed by atoms with Gasteiger partial charge in [-0.3, -0.25) is 9.59 Å². The summed E-state index contributed by atoms with van der Waals surface area (Å²) in [6, 6.07) is 9.70. The lowest BCUT2D eigenvalue weighted by Gasteiger charge is -2.39. The normalized spacial score (nSPS) is 20.9. The molecule has 0 radical (unpaired) electrons. The molecule has 26 heavy (non-hydrogen) atoms. The minimum atomic E-state index is -0.326. The smallest absolute Gasteiger partial charge is 0.310 e. The number of ether oxygens (including phenoxy) is 2. The minimum absolute atomic E-state index is 0.0513. The van der Waals surface area contributed by atoms with Crippen LogP contribution in [0.3, 0.4) is 0 Å². The van der Waals surface area contributed by atoms with Crippen molar-refractivity contribution in [1.82, 2.24) is 4.90 Å². The van der Waals surface area contributed by atoms with Gasteiger partial charge in [0.1, 0.15) is 5.75 Å². The van der Waals surface area contributed by atoms with E-state index in [0.717, 1.165) is 25.0 Å². The summed E-state index contributed by atoms with van der Waals surface area (Å²) in [4.78, 5) is 26.7. The maximum Gasteiger partial charge on any atom is 0.310 e. The molecule has 0 aromatic heterocycles. The zero-order valence-corrected chi connectivity index (χ0v) is 16.1. The second kappa shape index (κ2) is 10.2. The zero-order chi connectivity index (χ0) is 18.9. The highest BCUT2D eigenvalue weighted by atomic mass is 16.5. The molecule has 1 aliphatic rings. The molecule has 0 bridgehead atoms. The molecular formula is C21H31NO4. The Hall–Kier alpha value is -2.04. The molecule has 1 saturated carbocycles. The molecule has 0 saturated heterocycles. The molecule has 1 aromatic rings. The number of hydrogen-bond donors (Lipinski definition) is 0. The van der Waals surface area contributed by atoms with E-state index in [-0.39, 0.29) is 23.8 Å². The van der Waals surface area contributed by atoms with Gasteiger partial charge >= 0.3 is 5.97 Å². The predicted octanol–water partition coefficient (Wildman–Crippen LogP) is 3.67. The molecule has 0 aliphatic heterocycles. The lowest BCUT2D eigenvalue weighted by molar-refractivity contribution is -0.147. The van der Waals surface area contributed by atoms with Gasteiger partial charge in [0, 0.05) is 12.6 Å².